The SMILES string of the molecule is Cc1nc(NCC2CC2)nc(NC2CC(C)C(S(C)(=O)=O)C2)c1-c1nc2ccccc2s1. The Morgan fingerprint density at radius 2 is 1.91 bits per heavy atom. The van der Waals surface area contributed by atoms with Gasteiger partial charge in [0, 0.05) is 18.8 Å². The van der Waals surface area contributed by atoms with E-state index >= 15 is 0 Å². The number of aryl methyl sites for hydroxylation is 1. The van der Waals surface area contributed by atoms with Crippen LogP contribution >= 0.6 is 11.3 Å². The molecule has 5 rings (SSSR count). The van der Waals surface area contributed by atoms with Crippen molar-refractivity contribution in [3.63, 3.8) is 0 Å². The Labute approximate surface area is 193 Å². The largest absolute Gasteiger partial charge is 0.367 e. The van der Waals surface area contributed by atoms with Crippen LogP contribution in [0.5, 0.6) is 0 Å². The summed E-state index contributed by atoms with van der Waals surface area (Å²) < 4.78 is 25.6. The molecule has 0 saturated heterocycles. The van der Waals surface area contributed by atoms with Gasteiger partial charge in [0.05, 0.1) is 26.7 Å². The summed E-state index contributed by atoms with van der Waals surface area (Å²) >= 11 is 1.63. The molecule has 0 aliphatic heterocycles. The van der Waals surface area contributed by atoms with Gasteiger partial charge in [0.2, 0.25) is 5.95 Å². The number of sulfone groups is 1. The van der Waals surface area contributed by atoms with E-state index in [0.717, 1.165) is 45.3 Å². The molecule has 2 heterocycles. The summed E-state index contributed by atoms with van der Waals surface area (Å²) in [5.74, 6) is 2.18. The third-order valence-corrected chi connectivity index (χ3v) is 9.35. The molecule has 0 amide bonds. The normalized spacial score (nSPS) is 23.5. The predicted molar refractivity (Wildman–Crippen MR) is 131 cm³/mol. The molecule has 0 bridgehead atoms. The van der Waals surface area contributed by atoms with E-state index in [1.807, 2.05) is 32.0 Å². The zero-order chi connectivity index (χ0) is 22.5. The fraction of sp³-hybridized carbons (Fsp3) is 0.522. The van der Waals surface area contributed by atoms with E-state index in [0.29, 0.717) is 18.3 Å². The van der Waals surface area contributed by atoms with Crippen molar-refractivity contribution in [1.29, 1.82) is 0 Å². The summed E-state index contributed by atoms with van der Waals surface area (Å²) in [5.41, 5.74) is 2.73. The minimum atomic E-state index is -3.08. The van der Waals surface area contributed by atoms with E-state index in [9.17, 15) is 8.42 Å². The molecular weight excluding hydrogens is 442 g/mol. The van der Waals surface area contributed by atoms with E-state index in [1.165, 1.54) is 19.1 Å². The topological polar surface area (TPSA) is 96.9 Å². The number of thiazole rings is 1. The van der Waals surface area contributed by atoms with Gasteiger partial charge in [-0.15, -0.1) is 11.3 Å². The molecule has 3 aromatic rings. The zero-order valence-electron chi connectivity index (χ0n) is 18.6. The van der Waals surface area contributed by atoms with Crippen LogP contribution in [0.15, 0.2) is 24.3 Å². The van der Waals surface area contributed by atoms with Gasteiger partial charge in [0.25, 0.3) is 0 Å². The number of nitrogens with zero attached hydrogens (tertiary/aromatic N) is 3. The third-order valence-electron chi connectivity index (χ3n) is 6.54. The van der Waals surface area contributed by atoms with Gasteiger partial charge in [0.1, 0.15) is 10.8 Å². The number of benzene rings is 1. The molecule has 7 nitrogen and oxygen atoms in total. The third kappa shape index (κ3) is 4.45. The number of hydrogen-bond acceptors (Lipinski definition) is 8. The first-order chi connectivity index (χ1) is 15.3. The second kappa shape index (κ2) is 8.26. The van der Waals surface area contributed by atoms with Crippen LogP contribution in [0.4, 0.5) is 11.8 Å². The van der Waals surface area contributed by atoms with Gasteiger partial charge in [-0.05, 0) is 56.6 Å². The summed E-state index contributed by atoms with van der Waals surface area (Å²) in [5, 5.41) is 7.53. The van der Waals surface area contributed by atoms with E-state index in [-0.39, 0.29) is 17.2 Å². The highest BCUT2D eigenvalue weighted by Gasteiger charge is 2.38. The zero-order valence-corrected chi connectivity index (χ0v) is 20.3. The molecule has 2 aliphatic carbocycles. The first-order valence-corrected chi connectivity index (χ1v) is 14.0. The molecule has 9 heteroatoms. The van der Waals surface area contributed by atoms with Crippen molar-refractivity contribution >= 4 is 43.2 Å². The molecule has 3 atom stereocenters. The van der Waals surface area contributed by atoms with Crippen molar-refractivity contribution in [2.45, 2.75) is 50.8 Å². The van der Waals surface area contributed by atoms with Gasteiger partial charge < -0.3 is 10.6 Å². The maximum atomic E-state index is 12.2. The summed E-state index contributed by atoms with van der Waals surface area (Å²) in [7, 11) is -3.08. The number of hydrogen-bond donors (Lipinski definition) is 2. The average molecular weight is 472 g/mol. The molecular formula is C23H29N5O2S2. The van der Waals surface area contributed by atoms with Gasteiger partial charge >= 0.3 is 0 Å². The second-order valence-corrected chi connectivity index (χ2v) is 12.6. The monoisotopic (exact) mass is 471 g/mol. The van der Waals surface area contributed by atoms with Crippen LogP contribution in [0.25, 0.3) is 20.8 Å². The average Bonchev–Trinajstić information content (AvgIpc) is 3.33. The Kier molecular flexibility index (Phi) is 5.57. The lowest BCUT2D eigenvalue weighted by Crippen LogP contribution is -2.24. The van der Waals surface area contributed by atoms with E-state index in [2.05, 4.69) is 16.7 Å². The van der Waals surface area contributed by atoms with Crippen LogP contribution in [0.1, 0.15) is 38.3 Å². The maximum absolute atomic E-state index is 12.2. The van der Waals surface area contributed by atoms with Gasteiger partial charge in [0.15, 0.2) is 9.84 Å². The van der Waals surface area contributed by atoms with Crippen LogP contribution in [-0.4, -0.2) is 47.5 Å². The van der Waals surface area contributed by atoms with Crippen molar-refractivity contribution in [2.75, 3.05) is 23.4 Å². The van der Waals surface area contributed by atoms with E-state index < -0.39 is 9.84 Å². The predicted octanol–water partition coefficient (Wildman–Crippen LogP) is 4.51. The Morgan fingerprint density at radius 1 is 1.12 bits per heavy atom. The molecule has 0 spiro atoms. The Bertz CT molecular complexity index is 1220. The van der Waals surface area contributed by atoms with Crippen LogP contribution in [-0.2, 0) is 9.84 Å². The lowest BCUT2D eigenvalue weighted by molar-refractivity contribution is 0.549. The lowest BCUT2D eigenvalue weighted by Gasteiger charge is -2.18. The number of para-hydroxylation sites is 1. The second-order valence-electron chi connectivity index (χ2n) is 9.33. The van der Waals surface area contributed by atoms with Crippen LogP contribution in [0, 0.1) is 18.8 Å². The molecule has 32 heavy (non-hydrogen) atoms. The van der Waals surface area contributed by atoms with Crippen molar-refractivity contribution in [1.82, 2.24) is 15.0 Å². The van der Waals surface area contributed by atoms with Crippen molar-refractivity contribution in [3.8, 4) is 10.6 Å². The van der Waals surface area contributed by atoms with Crippen molar-refractivity contribution in [3.05, 3.63) is 30.0 Å². The summed E-state index contributed by atoms with van der Waals surface area (Å²) in [6.07, 6.45) is 5.25. The van der Waals surface area contributed by atoms with Crippen molar-refractivity contribution in [2.24, 2.45) is 11.8 Å². The highest BCUT2D eigenvalue weighted by molar-refractivity contribution is 7.91. The molecule has 2 N–H and O–H groups in total. The number of fused-ring (bicyclic) bond motifs is 1. The van der Waals surface area contributed by atoms with E-state index in [4.69, 9.17) is 15.0 Å². The Hall–Kier alpha value is -2.26. The van der Waals surface area contributed by atoms with Gasteiger partial charge in [-0.1, -0.05) is 19.1 Å². The number of nitrogens with one attached hydrogen (secondary N) is 2. The fourth-order valence-corrected chi connectivity index (χ4v) is 7.27. The summed E-state index contributed by atoms with van der Waals surface area (Å²) in [6.45, 7) is 4.90. The van der Waals surface area contributed by atoms with E-state index in [1.54, 1.807) is 11.3 Å². The molecule has 2 aromatic heterocycles. The number of aromatic nitrogens is 3. The highest BCUT2D eigenvalue weighted by atomic mass is 32.2. The molecule has 0 radical (unpaired) electrons. The Balaban J connectivity index is 1.50. The van der Waals surface area contributed by atoms with Crippen LogP contribution in [0.3, 0.4) is 0 Å². The Morgan fingerprint density at radius 3 is 2.59 bits per heavy atom. The van der Waals surface area contributed by atoms with Crippen molar-refractivity contribution < 1.29 is 8.42 Å². The highest BCUT2D eigenvalue weighted by Crippen LogP contribution is 2.39. The smallest absolute Gasteiger partial charge is 0.224 e. The maximum Gasteiger partial charge on any atom is 0.224 e. The van der Waals surface area contributed by atoms with Gasteiger partial charge in [-0.25, -0.2) is 18.4 Å². The quantitative estimate of drug-likeness (QED) is 0.523. The molecule has 1 aromatic carbocycles. The number of rotatable bonds is 7. The fourth-order valence-electron chi connectivity index (χ4n) is 4.67. The minimum absolute atomic E-state index is 0.0448. The van der Waals surface area contributed by atoms with Crippen LogP contribution in [0.2, 0.25) is 0 Å². The first-order valence-electron chi connectivity index (χ1n) is 11.2. The molecule has 2 fully saturated rings. The summed E-state index contributed by atoms with van der Waals surface area (Å²) in [6, 6.07) is 8.14. The lowest BCUT2D eigenvalue weighted by atomic mass is 10.1. The minimum Gasteiger partial charge on any atom is -0.367 e. The standard InChI is InChI=1S/C23H29N5O2S2/c1-13-10-16(11-19(13)32(3,29)30)26-21-20(22-27-17-6-4-5-7-18(17)31-22)14(2)25-23(28-21)24-12-15-8-9-15/h4-7,13,15-16,19H,8-12H2,1-3H3,(H2,24,25,26,28). The number of anilines is 2. The molecule has 3 unspecified atom stereocenters. The summed E-state index contributed by atoms with van der Waals surface area (Å²) in [4.78, 5) is 14.4. The van der Waals surface area contributed by atoms with Crippen LogP contribution < -0.4 is 10.6 Å². The molecule has 2 aliphatic rings. The van der Waals surface area contributed by atoms with Gasteiger partial charge in [-0.2, -0.15) is 4.98 Å². The molecule has 170 valence electrons. The molecule has 2 saturated carbocycles. The van der Waals surface area contributed by atoms with Gasteiger partial charge in [-0.3, -0.25) is 0 Å². The first kappa shape index (κ1) is 21.6.